The third-order valence-corrected chi connectivity index (χ3v) is 6.69. The number of nitrogens with one attached hydrogen (secondary N) is 1. The van der Waals surface area contributed by atoms with Crippen LogP contribution in [0.25, 0.3) is 10.2 Å². The van der Waals surface area contributed by atoms with Gasteiger partial charge in [-0.25, -0.2) is 19.2 Å². The predicted molar refractivity (Wildman–Crippen MR) is 132 cm³/mol. The summed E-state index contributed by atoms with van der Waals surface area (Å²) in [7, 11) is 0. The van der Waals surface area contributed by atoms with Crippen LogP contribution in [0.4, 0.5) is 20.7 Å². The zero-order valence-electron chi connectivity index (χ0n) is 20.1. The molecule has 3 N–H and O–H groups in total. The molecule has 1 aromatic carbocycles. The molecule has 186 valence electrons. The summed E-state index contributed by atoms with van der Waals surface area (Å²) in [5.74, 6) is -0.252. The van der Waals surface area contributed by atoms with E-state index in [-0.39, 0.29) is 11.9 Å². The van der Waals surface area contributed by atoms with E-state index in [1.807, 2.05) is 20.8 Å². The largest absolute Gasteiger partial charge is 0.486 e. The lowest BCUT2D eigenvalue weighted by atomic mass is 10.1. The van der Waals surface area contributed by atoms with E-state index in [1.54, 1.807) is 17.9 Å². The van der Waals surface area contributed by atoms with Crippen molar-refractivity contribution >= 4 is 45.1 Å². The Morgan fingerprint density at radius 2 is 2.06 bits per heavy atom. The molecule has 1 fully saturated rings. The van der Waals surface area contributed by atoms with Crippen LogP contribution in [0.2, 0.25) is 0 Å². The Kier molecular flexibility index (Phi) is 6.79. The number of hydrogen-bond donors (Lipinski definition) is 2. The first-order valence-corrected chi connectivity index (χ1v) is 12.1. The highest BCUT2D eigenvalue weighted by molar-refractivity contribution is 7.20. The molecule has 0 saturated carbocycles. The minimum atomic E-state index is -0.596. The van der Waals surface area contributed by atoms with Gasteiger partial charge in [0.25, 0.3) is 5.91 Å². The van der Waals surface area contributed by atoms with E-state index in [2.05, 4.69) is 15.3 Å². The van der Waals surface area contributed by atoms with E-state index in [1.165, 1.54) is 29.8 Å². The fraction of sp³-hybridized carbons (Fsp3) is 0.417. The summed E-state index contributed by atoms with van der Waals surface area (Å²) in [6.45, 7) is 8.14. The lowest BCUT2D eigenvalue weighted by Gasteiger charge is -2.34. The van der Waals surface area contributed by atoms with Gasteiger partial charge in [-0.3, -0.25) is 4.79 Å². The number of aryl methyl sites for hydroxylation is 1. The Bertz CT molecular complexity index is 1270. The summed E-state index contributed by atoms with van der Waals surface area (Å²) in [5.41, 5.74) is 6.07. The van der Waals surface area contributed by atoms with Crippen LogP contribution >= 0.6 is 11.3 Å². The van der Waals surface area contributed by atoms with Gasteiger partial charge in [-0.2, -0.15) is 0 Å². The van der Waals surface area contributed by atoms with Gasteiger partial charge < -0.3 is 25.4 Å². The number of halogens is 1. The minimum absolute atomic E-state index is 0.288. The molecule has 0 radical (unpaired) electrons. The first-order valence-electron chi connectivity index (χ1n) is 11.3. The summed E-state index contributed by atoms with van der Waals surface area (Å²) in [6.07, 6.45) is 2.09. The molecule has 1 aliphatic rings. The zero-order valence-corrected chi connectivity index (χ0v) is 20.9. The Morgan fingerprint density at radius 1 is 1.29 bits per heavy atom. The molecule has 0 unspecified atom stereocenters. The fourth-order valence-corrected chi connectivity index (χ4v) is 4.93. The van der Waals surface area contributed by atoms with Gasteiger partial charge in [0.2, 0.25) is 0 Å². The van der Waals surface area contributed by atoms with Crippen molar-refractivity contribution < 1.29 is 23.5 Å². The number of likely N-dealkylation sites (tertiary alicyclic amines) is 1. The molecule has 2 amide bonds. The van der Waals surface area contributed by atoms with Crippen LogP contribution in [0.1, 0.15) is 48.8 Å². The van der Waals surface area contributed by atoms with Crippen molar-refractivity contribution in [3.63, 3.8) is 0 Å². The van der Waals surface area contributed by atoms with Crippen LogP contribution in [0, 0.1) is 12.7 Å². The molecule has 35 heavy (non-hydrogen) atoms. The maximum Gasteiger partial charge on any atom is 0.410 e. The van der Waals surface area contributed by atoms with Crippen molar-refractivity contribution in [1.82, 2.24) is 14.9 Å². The average Bonchev–Trinajstić information content (AvgIpc) is 3.12. The number of thiophene rings is 1. The van der Waals surface area contributed by atoms with Crippen molar-refractivity contribution in [2.75, 3.05) is 18.4 Å². The van der Waals surface area contributed by atoms with Gasteiger partial charge >= 0.3 is 6.09 Å². The van der Waals surface area contributed by atoms with Gasteiger partial charge in [0.15, 0.2) is 0 Å². The van der Waals surface area contributed by atoms with Crippen LogP contribution in [-0.2, 0) is 4.74 Å². The molecule has 0 bridgehead atoms. The number of aromatic nitrogens is 2. The second-order valence-corrected chi connectivity index (χ2v) is 10.4. The normalized spacial score (nSPS) is 16.3. The minimum Gasteiger partial charge on any atom is -0.486 e. The van der Waals surface area contributed by atoms with Crippen LogP contribution < -0.4 is 15.8 Å². The third-order valence-electron chi connectivity index (χ3n) is 5.47. The van der Waals surface area contributed by atoms with Crippen LogP contribution in [-0.4, -0.2) is 51.7 Å². The fourth-order valence-electron chi connectivity index (χ4n) is 3.93. The molecule has 1 aliphatic heterocycles. The number of amides is 2. The Morgan fingerprint density at radius 3 is 2.77 bits per heavy atom. The third kappa shape index (κ3) is 5.61. The number of nitrogens with two attached hydrogens (primary N) is 1. The molecule has 1 saturated heterocycles. The SMILES string of the molecule is Cc1c(C(N)=O)sc2ncnc(Nc3ccc(F)cc3O[C@@H]3CCCN(C(=O)OC(C)(C)C)C3)c12. The topological polar surface area (TPSA) is 120 Å². The van der Waals surface area contributed by atoms with Crippen molar-refractivity contribution in [3.05, 3.63) is 40.8 Å². The van der Waals surface area contributed by atoms with E-state index in [0.29, 0.717) is 51.7 Å². The number of fused-ring (bicyclic) bond motifs is 1. The van der Waals surface area contributed by atoms with Gasteiger partial charge in [-0.15, -0.1) is 11.3 Å². The number of piperidine rings is 1. The second kappa shape index (κ2) is 9.65. The highest BCUT2D eigenvalue weighted by Gasteiger charge is 2.29. The molecule has 0 aliphatic carbocycles. The quantitative estimate of drug-likeness (QED) is 0.517. The number of ether oxygens (including phenoxy) is 2. The number of hydrogen-bond acceptors (Lipinski definition) is 8. The van der Waals surface area contributed by atoms with Gasteiger partial charge in [-0.1, -0.05) is 0 Å². The van der Waals surface area contributed by atoms with Crippen molar-refractivity contribution in [1.29, 1.82) is 0 Å². The summed E-state index contributed by atoms with van der Waals surface area (Å²) in [5, 5.41) is 3.86. The smallest absolute Gasteiger partial charge is 0.410 e. The standard InChI is InChI=1S/C24H28FN5O4S/c1-13-18-21(27-12-28-22(18)35-19(13)20(26)31)29-16-8-7-14(25)10-17(16)33-15-6-5-9-30(11-15)23(32)34-24(2,3)4/h7-8,10,12,15H,5-6,9,11H2,1-4H3,(H2,26,31)(H,27,28,29)/t15-/m1/s1. The number of carbonyl (C=O) groups is 2. The van der Waals surface area contributed by atoms with Gasteiger partial charge in [-0.05, 0) is 58.2 Å². The lowest BCUT2D eigenvalue weighted by molar-refractivity contribution is 0.00781. The first kappa shape index (κ1) is 24.6. The molecular weight excluding hydrogens is 473 g/mol. The lowest BCUT2D eigenvalue weighted by Crippen LogP contribution is -2.46. The number of nitrogens with zero attached hydrogens (tertiary/aromatic N) is 3. The van der Waals surface area contributed by atoms with Crippen molar-refractivity contribution in [3.8, 4) is 5.75 Å². The van der Waals surface area contributed by atoms with Crippen molar-refractivity contribution in [2.24, 2.45) is 5.73 Å². The zero-order chi connectivity index (χ0) is 25.3. The molecule has 3 aromatic rings. The van der Waals surface area contributed by atoms with E-state index in [4.69, 9.17) is 15.2 Å². The van der Waals surface area contributed by atoms with E-state index >= 15 is 0 Å². The monoisotopic (exact) mass is 501 g/mol. The highest BCUT2D eigenvalue weighted by Crippen LogP contribution is 2.37. The molecule has 2 aromatic heterocycles. The molecule has 11 heteroatoms. The number of primary amides is 1. The van der Waals surface area contributed by atoms with E-state index < -0.39 is 23.4 Å². The number of benzene rings is 1. The number of anilines is 2. The maximum absolute atomic E-state index is 14.2. The Labute approximate surface area is 206 Å². The summed E-state index contributed by atoms with van der Waals surface area (Å²) in [4.78, 5) is 35.5. The van der Waals surface area contributed by atoms with Gasteiger partial charge in [0.05, 0.1) is 22.5 Å². The molecular formula is C24H28FN5O4S. The molecule has 4 rings (SSSR count). The van der Waals surface area contributed by atoms with Crippen LogP contribution in [0.15, 0.2) is 24.5 Å². The van der Waals surface area contributed by atoms with Crippen LogP contribution in [0.3, 0.4) is 0 Å². The predicted octanol–water partition coefficient (Wildman–Crippen LogP) is 4.76. The molecule has 9 nitrogen and oxygen atoms in total. The van der Waals surface area contributed by atoms with Gasteiger partial charge in [0, 0.05) is 12.6 Å². The van der Waals surface area contributed by atoms with Gasteiger partial charge in [0.1, 0.15) is 40.2 Å². The van der Waals surface area contributed by atoms with E-state index in [9.17, 15) is 14.0 Å². The van der Waals surface area contributed by atoms with E-state index in [0.717, 1.165) is 6.42 Å². The summed E-state index contributed by atoms with van der Waals surface area (Å²) < 4.78 is 25.8. The molecule has 3 heterocycles. The average molecular weight is 502 g/mol. The van der Waals surface area contributed by atoms with Crippen molar-refractivity contribution in [2.45, 2.75) is 52.2 Å². The number of rotatable bonds is 5. The second-order valence-electron chi connectivity index (χ2n) is 9.40. The highest BCUT2D eigenvalue weighted by atomic mass is 32.1. The molecule has 1 atom stereocenters. The molecule has 0 spiro atoms. The Hall–Kier alpha value is -3.47. The Balaban J connectivity index is 1.58. The maximum atomic E-state index is 14.2. The van der Waals surface area contributed by atoms with Crippen LogP contribution in [0.5, 0.6) is 5.75 Å². The summed E-state index contributed by atoms with van der Waals surface area (Å²) in [6, 6.07) is 4.17. The first-order chi connectivity index (χ1) is 16.5. The number of carbonyl (C=O) groups excluding carboxylic acids is 2. The summed E-state index contributed by atoms with van der Waals surface area (Å²) >= 11 is 1.19.